The number of nitrogens with zero attached hydrogens (tertiary/aromatic N) is 2. The molecule has 0 saturated heterocycles. The van der Waals surface area contributed by atoms with E-state index in [0.29, 0.717) is 5.92 Å². The number of rotatable bonds is 4. The zero-order chi connectivity index (χ0) is 13.2. The van der Waals surface area contributed by atoms with Gasteiger partial charge < -0.3 is 14.3 Å². The van der Waals surface area contributed by atoms with Crippen molar-refractivity contribution in [2.24, 2.45) is 0 Å². The molecule has 0 unspecified atom stereocenters. The summed E-state index contributed by atoms with van der Waals surface area (Å²) in [6.45, 7) is 7.04. The minimum Gasteiger partial charge on any atom is -0.468 e. The first kappa shape index (κ1) is 12.5. The standard InChI is InChI=1S/C15H21N3O/c1-11-5-7-19-14(11)9-16-8-13-4-3-6-18-10-12(2)17-15(13)18/h5,7,10,13,16H,3-4,6,8-9H2,1-2H3/t13-/m1/s1. The van der Waals surface area contributed by atoms with E-state index in [1.54, 1.807) is 6.26 Å². The van der Waals surface area contributed by atoms with Gasteiger partial charge in [0.2, 0.25) is 0 Å². The molecule has 0 aliphatic carbocycles. The fraction of sp³-hybridized carbons (Fsp3) is 0.533. The van der Waals surface area contributed by atoms with Crippen LogP contribution in [0.1, 0.15) is 41.6 Å². The predicted octanol–water partition coefficient (Wildman–Crippen LogP) is 2.76. The Morgan fingerprint density at radius 2 is 2.37 bits per heavy atom. The minimum atomic E-state index is 0.526. The lowest BCUT2D eigenvalue weighted by Gasteiger charge is -2.23. The molecule has 2 aromatic rings. The topological polar surface area (TPSA) is 43.0 Å². The maximum Gasteiger partial charge on any atom is 0.120 e. The Bertz CT molecular complexity index is 555. The number of aromatic nitrogens is 2. The van der Waals surface area contributed by atoms with E-state index >= 15 is 0 Å². The van der Waals surface area contributed by atoms with Crippen molar-refractivity contribution in [3.63, 3.8) is 0 Å². The maximum absolute atomic E-state index is 5.44. The molecule has 1 N–H and O–H groups in total. The molecule has 0 bridgehead atoms. The van der Waals surface area contributed by atoms with E-state index in [0.717, 1.165) is 31.1 Å². The molecule has 1 aliphatic rings. The van der Waals surface area contributed by atoms with Gasteiger partial charge in [-0.2, -0.15) is 0 Å². The van der Waals surface area contributed by atoms with Gasteiger partial charge in [0.15, 0.2) is 0 Å². The van der Waals surface area contributed by atoms with Crippen molar-refractivity contribution < 1.29 is 4.42 Å². The number of aryl methyl sites for hydroxylation is 3. The Hall–Kier alpha value is -1.55. The molecule has 4 nitrogen and oxygen atoms in total. The highest BCUT2D eigenvalue weighted by Gasteiger charge is 2.22. The van der Waals surface area contributed by atoms with E-state index in [-0.39, 0.29) is 0 Å². The summed E-state index contributed by atoms with van der Waals surface area (Å²) in [7, 11) is 0. The van der Waals surface area contributed by atoms with Crippen molar-refractivity contribution in [2.45, 2.75) is 45.7 Å². The van der Waals surface area contributed by atoms with Crippen LogP contribution in [0.4, 0.5) is 0 Å². The van der Waals surface area contributed by atoms with Gasteiger partial charge in [-0.3, -0.25) is 0 Å². The summed E-state index contributed by atoms with van der Waals surface area (Å²) < 4.78 is 7.75. The zero-order valence-electron chi connectivity index (χ0n) is 11.6. The zero-order valence-corrected chi connectivity index (χ0v) is 11.6. The van der Waals surface area contributed by atoms with E-state index in [1.807, 2.05) is 6.07 Å². The number of hydrogen-bond acceptors (Lipinski definition) is 3. The molecule has 1 atom stereocenters. The van der Waals surface area contributed by atoms with Crippen molar-refractivity contribution in [1.29, 1.82) is 0 Å². The van der Waals surface area contributed by atoms with Crippen LogP contribution in [0.3, 0.4) is 0 Å². The lowest BCUT2D eigenvalue weighted by Crippen LogP contribution is -2.26. The second kappa shape index (κ2) is 5.21. The second-order valence-electron chi connectivity index (χ2n) is 5.43. The van der Waals surface area contributed by atoms with Crippen molar-refractivity contribution in [3.8, 4) is 0 Å². The quantitative estimate of drug-likeness (QED) is 0.918. The largest absolute Gasteiger partial charge is 0.468 e. The van der Waals surface area contributed by atoms with Crippen LogP contribution in [0, 0.1) is 13.8 Å². The van der Waals surface area contributed by atoms with Gasteiger partial charge in [0.25, 0.3) is 0 Å². The van der Waals surface area contributed by atoms with E-state index in [4.69, 9.17) is 4.42 Å². The highest BCUT2D eigenvalue weighted by atomic mass is 16.3. The molecule has 19 heavy (non-hydrogen) atoms. The molecule has 0 aromatic carbocycles. The summed E-state index contributed by atoms with van der Waals surface area (Å²) >= 11 is 0. The summed E-state index contributed by atoms with van der Waals surface area (Å²) in [6, 6.07) is 2.01. The van der Waals surface area contributed by atoms with E-state index in [2.05, 4.69) is 34.9 Å². The van der Waals surface area contributed by atoms with E-state index in [1.165, 1.54) is 24.2 Å². The van der Waals surface area contributed by atoms with Gasteiger partial charge in [-0.1, -0.05) is 0 Å². The third kappa shape index (κ3) is 2.59. The van der Waals surface area contributed by atoms with Crippen molar-refractivity contribution in [2.75, 3.05) is 6.54 Å². The SMILES string of the molecule is Cc1cn2c(n1)[C@@H](CNCc1occc1C)CCC2. The molecule has 0 spiro atoms. The fourth-order valence-electron chi connectivity index (χ4n) is 2.85. The van der Waals surface area contributed by atoms with Crippen LogP contribution in [0.15, 0.2) is 22.9 Å². The van der Waals surface area contributed by atoms with Crippen LogP contribution >= 0.6 is 0 Å². The minimum absolute atomic E-state index is 0.526. The maximum atomic E-state index is 5.44. The van der Waals surface area contributed by atoms with Gasteiger partial charge in [-0.15, -0.1) is 0 Å². The molecule has 0 amide bonds. The van der Waals surface area contributed by atoms with Gasteiger partial charge in [0, 0.05) is 25.2 Å². The summed E-state index contributed by atoms with van der Waals surface area (Å²) in [5, 5.41) is 3.50. The molecule has 3 rings (SSSR count). The Balaban J connectivity index is 1.60. The smallest absolute Gasteiger partial charge is 0.120 e. The molecular formula is C15H21N3O. The Morgan fingerprint density at radius 1 is 1.47 bits per heavy atom. The first-order chi connectivity index (χ1) is 9.24. The van der Waals surface area contributed by atoms with Crippen molar-refractivity contribution in [1.82, 2.24) is 14.9 Å². The van der Waals surface area contributed by atoms with Crippen LogP contribution in [0.5, 0.6) is 0 Å². The summed E-state index contributed by atoms with van der Waals surface area (Å²) in [5.74, 6) is 2.81. The lowest BCUT2D eigenvalue weighted by molar-refractivity contribution is 0.409. The molecule has 2 aromatic heterocycles. The Labute approximate surface area is 113 Å². The van der Waals surface area contributed by atoms with Crippen molar-refractivity contribution >= 4 is 0 Å². The fourth-order valence-corrected chi connectivity index (χ4v) is 2.85. The molecular weight excluding hydrogens is 238 g/mol. The second-order valence-corrected chi connectivity index (χ2v) is 5.43. The number of fused-ring (bicyclic) bond motifs is 1. The summed E-state index contributed by atoms with van der Waals surface area (Å²) in [6.07, 6.45) is 6.39. The van der Waals surface area contributed by atoms with Gasteiger partial charge >= 0.3 is 0 Å². The van der Waals surface area contributed by atoms with Gasteiger partial charge in [-0.25, -0.2) is 4.98 Å². The normalized spacial score (nSPS) is 18.5. The van der Waals surface area contributed by atoms with E-state index in [9.17, 15) is 0 Å². The van der Waals surface area contributed by atoms with Crippen molar-refractivity contribution in [3.05, 3.63) is 41.4 Å². The average molecular weight is 259 g/mol. The number of imidazole rings is 1. The number of hydrogen-bond donors (Lipinski definition) is 1. The number of nitrogens with one attached hydrogen (secondary N) is 1. The third-order valence-corrected chi connectivity index (χ3v) is 3.89. The molecule has 0 saturated carbocycles. The van der Waals surface area contributed by atoms with Gasteiger partial charge in [0.05, 0.1) is 18.5 Å². The predicted molar refractivity (Wildman–Crippen MR) is 74.1 cm³/mol. The number of furan rings is 1. The van der Waals surface area contributed by atoms with Gasteiger partial charge in [-0.05, 0) is 38.3 Å². The van der Waals surface area contributed by atoms with Crippen LogP contribution in [-0.2, 0) is 13.1 Å². The summed E-state index contributed by atoms with van der Waals surface area (Å²) in [5.41, 5.74) is 2.34. The van der Waals surface area contributed by atoms with Gasteiger partial charge in [0.1, 0.15) is 11.6 Å². The van der Waals surface area contributed by atoms with Crippen LogP contribution in [0.2, 0.25) is 0 Å². The molecule has 1 aliphatic heterocycles. The first-order valence-corrected chi connectivity index (χ1v) is 7.01. The molecule has 3 heterocycles. The highest BCUT2D eigenvalue weighted by Crippen LogP contribution is 2.26. The molecule has 4 heteroatoms. The highest BCUT2D eigenvalue weighted by molar-refractivity contribution is 5.14. The Kier molecular flexibility index (Phi) is 3.42. The van der Waals surface area contributed by atoms with Crippen LogP contribution in [-0.4, -0.2) is 16.1 Å². The first-order valence-electron chi connectivity index (χ1n) is 7.01. The van der Waals surface area contributed by atoms with E-state index < -0.39 is 0 Å². The summed E-state index contributed by atoms with van der Waals surface area (Å²) in [4.78, 5) is 4.67. The monoisotopic (exact) mass is 259 g/mol. The van der Waals surface area contributed by atoms with Crippen LogP contribution in [0.25, 0.3) is 0 Å². The third-order valence-electron chi connectivity index (χ3n) is 3.89. The van der Waals surface area contributed by atoms with Crippen LogP contribution < -0.4 is 5.32 Å². The molecule has 0 fully saturated rings. The lowest BCUT2D eigenvalue weighted by atomic mass is 9.99. The molecule has 0 radical (unpaired) electrons. The average Bonchev–Trinajstić information content (AvgIpc) is 2.95. The Morgan fingerprint density at radius 3 is 3.16 bits per heavy atom. The molecule has 102 valence electrons.